The third-order valence-electron chi connectivity index (χ3n) is 4.68. The second kappa shape index (κ2) is 5.51. The smallest absolute Gasteiger partial charge is 0.0397 e. The Morgan fingerprint density at radius 2 is 2.16 bits per heavy atom. The Morgan fingerprint density at radius 1 is 1.26 bits per heavy atom. The maximum atomic E-state index is 3.50. The molecule has 2 aliphatic rings. The highest BCUT2D eigenvalue weighted by Crippen LogP contribution is 2.27. The lowest BCUT2D eigenvalue weighted by atomic mass is 10.0. The molecule has 0 bridgehead atoms. The topological polar surface area (TPSA) is 18.5 Å². The summed E-state index contributed by atoms with van der Waals surface area (Å²) in [5.74, 6) is 0. The van der Waals surface area contributed by atoms with Crippen molar-refractivity contribution in [1.29, 1.82) is 0 Å². The average molecular weight is 259 g/mol. The molecule has 2 aliphatic heterocycles. The van der Waals surface area contributed by atoms with Gasteiger partial charge in [-0.15, -0.1) is 0 Å². The minimum atomic E-state index is 0.699. The van der Waals surface area contributed by atoms with Gasteiger partial charge in [0.05, 0.1) is 0 Å². The van der Waals surface area contributed by atoms with Gasteiger partial charge in [0.25, 0.3) is 0 Å². The number of likely N-dealkylation sites (N-methyl/N-ethyl adjacent to an activating group) is 2. The number of nitrogens with one attached hydrogen (secondary N) is 1. The quantitative estimate of drug-likeness (QED) is 0.888. The van der Waals surface area contributed by atoms with Crippen molar-refractivity contribution in [2.75, 3.05) is 45.2 Å². The largest absolute Gasteiger partial charge is 0.374 e. The van der Waals surface area contributed by atoms with E-state index >= 15 is 0 Å². The molecular formula is C16H25N3. The Morgan fingerprint density at radius 3 is 3.00 bits per heavy atom. The molecule has 1 aromatic carbocycles. The molecule has 3 heteroatoms. The van der Waals surface area contributed by atoms with Gasteiger partial charge in [-0.05, 0) is 43.5 Å². The van der Waals surface area contributed by atoms with E-state index in [1.54, 1.807) is 0 Å². The molecule has 1 unspecified atom stereocenters. The van der Waals surface area contributed by atoms with Gasteiger partial charge in [0.1, 0.15) is 0 Å². The summed E-state index contributed by atoms with van der Waals surface area (Å²) >= 11 is 0. The second-order valence-corrected chi connectivity index (χ2v) is 6.01. The SMILES string of the molecule is CN1CCc2cc(CCC3CNCCN3C)ccc21. The van der Waals surface area contributed by atoms with Gasteiger partial charge in [0.15, 0.2) is 0 Å². The number of fused-ring (bicyclic) bond motifs is 1. The van der Waals surface area contributed by atoms with Crippen LogP contribution in [0.2, 0.25) is 0 Å². The Bertz CT molecular complexity index is 444. The summed E-state index contributed by atoms with van der Waals surface area (Å²) in [6.07, 6.45) is 3.68. The Kier molecular flexibility index (Phi) is 3.76. The summed E-state index contributed by atoms with van der Waals surface area (Å²) in [7, 11) is 4.44. The van der Waals surface area contributed by atoms with Gasteiger partial charge in [-0.2, -0.15) is 0 Å². The second-order valence-electron chi connectivity index (χ2n) is 6.01. The lowest BCUT2D eigenvalue weighted by molar-refractivity contribution is 0.191. The summed E-state index contributed by atoms with van der Waals surface area (Å²) in [6, 6.07) is 7.75. The van der Waals surface area contributed by atoms with E-state index in [1.807, 2.05) is 0 Å². The first-order valence-corrected chi connectivity index (χ1v) is 7.48. The van der Waals surface area contributed by atoms with Crippen LogP contribution in [0.3, 0.4) is 0 Å². The number of rotatable bonds is 3. The minimum absolute atomic E-state index is 0.699. The van der Waals surface area contributed by atoms with Gasteiger partial charge < -0.3 is 15.1 Å². The van der Waals surface area contributed by atoms with E-state index in [0.717, 1.165) is 13.1 Å². The standard InChI is InChI=1S/C16H25N3/c1-18-10-8-17-12-15(18)5-3-13-4-6-16-14(11-13)7-9-19(16)2/h4,6,11,15,17H,3,5,7-10,12H2,1-2H3. The molecular weight excluding hydrogens is 234 g/mol. The molecule has 3 nitrogen and oxygen atoms in total. The van der Waals surface area contributed by atoms with E-state index in [2.05, 4.69) is 47.4 Å². The molecule has 0 spiro atoms. The molecule has 1 aromatic rings. The summed E-state index contributed by atoms with van der Waals surface area (Å²) in [6.45, 7) is 4.63. The van der Waals surface area contributed by atoms with Gasteiger partial charge in [-0.25, -0.2) is 0 Å². The third-order valence-corrected chi connectivity index (χ3v) is 4.68. The van der Waals surface area contributed by atoms with Crippen molar-refractivity contribution < 1.29 is 0 Å². The van der Waals surface area contributed by atoms with E-state index in [-0.39, 0.29) is 0 Å². The molecule has 0 radical (unpaired) electrons. The van der Waals surface area contributed by atoms with Crippen LogP contribution >= 0.6 is 0 Å². The fourth-order valence-corrected chi connectivity index (χ4v) is 3.29. The van der Waals surface area contributed by atoms with E-state index < -0.39 is 0 Å². The predicted molar refractivity (Wildman–Crippen MR) is 81.0 cm³/mol. The first-order valence-electron chi connectivity index (χ1n) is 7.48. The average Bonchev–Trinajstić information content (AvgIpc) is 2.79. The van der Waals surface area contributed by atoms with E-state index in [1.165, 1.54) is 49.2 Å². The van der Waals surface area contributed by atoms with Crippen LogP contribution < -0.4 is 10.2 Å². The van der Waals surface area contributed by atoms with Crippen LogP contribution in [0.15, 0.2) is 18.2 Å². The highest BCUT2D eigenvalue weighted by molar-refractivity contribution is 5.58. The lowest BCUT2D eigenvalue weighted by Gasteiger charge is -2.33. The Labute approximate surface area is 116 Å². The molecule has 104 valence electrons. The fourth-order valence-electron chi connectivity index (χ4n) is 3.29. The fraction of sp³-hybridized carbons (Fsp3) is 0.625. The zero-order valence-corrected chi connectivity index (χ0v) is 12.2. The predicted octanol–water partition coefficient (Wildman–Crippen LogP) is 1.52. The van der Waals surface area contributed by atoms with Crippen molar-refractivity contribution in [2.45, 2.75) is 25.3 Å². The summed E-state index contributed by atoms with van der Waals surface area (Å²) < 4.78 is 0. The molecule has 1 fully saturated rings. The highest BCUT2D eigenvalue weighted by Gasteiger charge is 2.19. The molecule has 19 heavy (non-hydrogen) atoms. The Hall–Kier alpha value is -1.06. The lowest BCUT2D eigenvalue weighted by Crippen LogP contribution is -2.49. The third kappa shape index (κ3) is 2.77. The van der Waals surface area contributed by atoms with Crippen LogP contribution in [0.5, 0.6) is 0 Å². The number of nitrogens with zero attached hydrogens (tertiary/aromatic N) is 2. The maximum Gasteiger partial charge on any atom is 0.0397 e. The molecule has 1 atom stereocenters. The molecule has 0 aliphatic carbocycles. The van der Waals surface area contributed by atoms with Crippen LogP contribution in [-0.2, 0) is 12.8 Å². The van der Waals surface area contributed by atoms with Crippen LogP contribution in [0.4, 0.5) is 5.69 Å². The summed E-state index contributed by atoms with van der Waals surface area (Å²) in [4.78, 5) is 4.86. The van der Waals surface area contributed by atoms with Gasteiger partial charge in [0.2, 0.25) is 0 Å². The van der Waals surface area contributed by atoms with Gasteiger partial charge >= 0.3 is 0 Å². The van der Waals surface area contributed by atoms with Crippen molar-refractivity contribution in [1.82, 2.24) is 10.2 Å². The number of aryl methyl sites for hydroxylation is 1. The van der Waals surface area contributed by atoms with E-state index in [9.17, 15) is 0 Å². The van der Waals surface area contributed by atoms with Gasteiger partial charge in [0, 0.05) is 45.0 Å². The van der Waals surface area contributed by atoms with Gasteiger partial charge in [-0.1, -0.05) is 12.1 Å². The van der Waals surface area contributed by atoms with Crippen LogP contribution in [0.25, 0.3) is 0 Å². The molecule has 3 rings (SSSR count). The first-order chi connectivity index (χ1) is 9.24. The highest BCUT2D eigenvalue weighted by atomic mass is 15.2. The van der Waals surface area contributed by atoms with Crippen LogP contribution in [0, 0.1) is 0 Å². The van der Waals surface area contributed by atoms with Crippen molar-refractivity contribution in [2.24, 2.45) is 0 Å². The molecule has 0 amide bonds. The molecule has 1 saturated heterocycles. The summed E-state index contributed by atoms with van der Waals surface area (Å²) in [5.41, 5.74) is 4.48. The van der Waals surface area contributed by atoms with Crippen LogP contribution in [0.1, 0.15) is 17.5 Å². The minimum Gasteiger partial charge on any atom is -0.374 e. The molecule has 2 heterocycles. The first kappa shape index (κ1) is 12.9. The number of piperazine rings is 1. The number of hydrogen-bond acceptors (Lipinski definition) is 3. The summed E-state index contributed by atoms with van der Waals surface area (Å²) in [5, 5.41) is 3.50. The number of benzene rings is 1. The van der Waals surface area contributed by atoms with Crippen molar-refractivity contribution in [3.05, 3.63) is 29.3 Å². The maximum absolute atomic E-state index is 3.50. The monoisotopic (exact) mass is 259 g/mol. The molecule has 1 N–H and O–H groups in total. The zero-order chi connectivity index (χ0) is 13.2. The van der Waals surface area contributed by atoms with E-state index in [4.69, 9.17) is 0 Å². The Balaban J connectivity index is 1.61. The number of anilines is 1. The van der Waals surface area contributed by atoms with Gasteiger partial charge in [-0.3, -0.25) is 0 Å². The molecule has 0 aromatic heterocycles. The number of hydrogen-bond donors (Lipinski definition) is 1. The van der Waals surface area contributed by atoms with Crippen molar-refractivity contribution in [3.8, 4) is 0 Å². The van der Waals surface area contributed by atoms with E-state index in [0.29, 0.717) is 6.04 Å². The normalized spacial score (nSPS) is 23.7. The van der Waals surface area contributed by atoms with Crippen LogP contribution in [-0.4, -0.2) is 51.2 Å². The van der Waals surface area contributed by atoms with Crippen molar-refractivity contribution in [3.63, 3.8) is 0 Å². The zero-order valence-electron chi connectivity index (χ0n) is 12.2. The molecule has 0 saturated carbocycles. The van der Waals surface area contributed by atoms with Crippen molar-refractivity contribution >= 4 is 5.69 Å².